The third-order valence-corrected chi connectivity index (χ3v) is 2.51. The molecule has 0 fully saturated rings. The van der Waals surface area contributed by atoms with E-state index in [9.17, 15) is 4.79 Å². The number of hydrogen-bond donors (Lipinski definition) is 2. The molecule has 0 aliphatic carbocycles. The highest BCUT2D eigenvalue weighted by Gasteiger charge is 2.05. The van der Waals surface area contributed by atoms with E-state index >= 15 is 0 Å². The van der Waals surface area contributed by atoms with Crippen molar-refractivity contribution < 1.29 is 4.79 Å². The summed E-state index contributed by atoms with van der Waals surface area (Å²) in [6.07, 6.45) is 2.74. The second-order valence-electron chi connectivity index (χ2n) is 5.44. The Hall–Kier alpha value is -0.570. The van der Waals surface area contributed by atoms with E-state index in [4.69, 9.17) is 0 Å². The van der Waals surface area contributed by atoms with Crippen molar-refractivity contribution in [3.05, 3.63) is 0 Å². The van der Waals surface area contributed by atoms with Gasteiger partial charge in [0.05, 0.1) is 6.67 Å². The Morgan fingerprint density at radius 3 is 2.19 bits per heavy atom. The van der Waals surface area contributed by atoms with Crippen LogP contribution in [0.25, 0.3) is 0 Å². The Kier molecular flexibility index (Phi) is 8.26. The molecule has 0 saturated carbocycles. The first-order chi connectivity index (χ1) is 7.41. The van der Waals surface area contributed by atoms with Crippen LogP contribution in [0.2, 0.25) is 0 Å². The van der Waals surface area contributed by atoms with Crippen LogP contribution in [0, 0.1) is 11.8 Å². The summed E-state index contributed by atoms with van der Waals surface area (Å²) in [6, 6.07) is 0.463. The van der Waals surface area contributed by atoms with Gasteiger partial charge in [0, 0.05) is 12.5 Å². The largest absolute Gasteiger partial charge is 0.344 e. The van der Waals surface area contributed by atoms with E-state index in [1.807, 2.05) is 0 Å². The van der Waals surface area contributed by atoms with Gasteiger partial charge >= 0.3 is 0 Å². The average molecular weight is 228 g/mol. The number of amides is 1. The van der Waals surface area contributed by atoms with Gasteiger partial charge in [0.2, 0.25) is 5.91 Å². The van der Waals surface area contributed by atoms with Gasteiger partial charge in [0.15, 0.2) is 0 Å². The molecule has 0 rings (SSSR count). The molecule has 3 heteroatoms. The van der Waals surface area contributed by atoms with Gasteiger partial charge in [-0.1, -0.05) is 27.7 Å². The van der Waals surface area contributed by atoms with E-state index in [2.05, 4.69) is 45.3 Å². The Morgan fingerprint density at radius 2 is 1.69 bits per heavy atom. The lowest BCUT2D eigenvalue weighted by Crippen LogP contribution is -2.38. The summed E-state index contributed by atoms with van der Waals surface area (Å²) in [5.41, 5.74) is 0. The van der Waals surface area contributed by atoms with Crippen LogP contribution in [-0.2, 0) is 4.79 Å². The minimum Gasteiger partial charge on any atom is -0.344 e. The first kappa shape index (κ1) is 15.4. The quantitative estimate of drug-likeness (QED) is 0.627. The molecule has 0 aromatic carbocycles. The van der Waals surface area contributed by atoms with Gasteiger partial charge < -0.3 is 5.32 Å². The van der Waals surface area contributed by atoms with Crippen molar-refractivity contribution >= 4 is 5.91 Å². The summed E-state index contributed by atoms with van der Waals surface area (Å²) in [5, 5.41) is 6.19. The highest BCUT2D eigenvalue weighted by Crippen LogP contribution is 2.03. The Bertz CT molecular complexity index is 190. The summed E-state index contributed by atoms with van der Waals surface area (Å²) in [6.45, 7) is 11.4. The molecule has 0 aromatic heterocycles. The molecule has 0 aliphatic rings. The van der Waals surface area contributed by atoms with E-state index in [1.54, 1.807) is 0 Å². The maximum absolute atomic E-state index is 11.4. The standard InChI is InChI=1S/C13H28N2O/c1-10(2)6-7-13(16)15-9-14-12(5)8-11(3)4/h10-12,14H,6-9H2,1-5H3,(H,15,16). The number of nitrogens with one attached hydrogen (secondary N) is 2. The predicted molar refractivity (Wildman–Crippen MR) is 69.1 cm³/mol. The van der Waals surface area contributed by atoms with E-state index in [-0.39, 0.29) is 5.91 Å². The van der Waals surface area contributed by atoms with Crippen molar-refractivity contribution in [1.29, 1.82) is 0 Å². The lowest BCUT2D eigenvalue weighted by Gasteiger charge is -2.16. The van der Waals surface area contributed by atoms with Crippen molar-refractivity contribution in [2.75, 3.05) is 6.67 Å². The fourth-order valence-electron chi connectivity index (χ4n) is 1.62. The monoisotopic (exact) mass is 228 g/mol. The van der Waals surface area contributed by atoms with Crippen LogP contribution in [0.1, 0.15) is 53.9 Å². The molecule has 1 atom stereocenters. The van der Waals surface area contributed by atoms with Crippen molar-refractivity contribution in [2.24, 2.45) is 11.8 Å². The number of carbonyl (C=O) groups excluding carboxylic acids is 1. The van der Waals surface area contributed by atoms with Gasteiger partial charge in [-0.05, 0) is 31.6 Å². The van der Waals surface area contributed by atoms with Gasteiger partial charge in [-0.15, -0.1) is 0 Å². The van der Waals surface area contributed by atoms with Gasteiger partial charge in [0.1, 0.15) is 0 Å². The number of rotatable bonds is 8. The zero-order valence-corrected chi connectivity index (χ0v) is 11.5. The van der Waals surface area contributed by atoms with Gasteiger partial charge in [0.25, 0.3) is 0 Å². The van der Waals surface area contributed by atoms with Crippen LogP contribution in [0.5, 0.6) is 0 Å². The molecule has 2 N–H and O–H groups in total. The Labute approximate surface area is 100 Å². The van der Waals surface area contributed by atoms with Crippen molar-refractivity contribution in [3.8, 4) is 0 Å². The normalized spacial score (nSPS) is 13.2. The second-order valence-corrected chi connectivity index (χ2v) is 5.44. The third-order valence-electron chi connectivity index (χ3n) is 2.51. The molecule has 0 heterocycles. The number of hydrogen-bond acceptors (Lipinski definition) is 2. The SMILES string of the molecule is CC(C)CCC(=O)NCNC(C)CC(C)C. The second kappa shape index (κ2) is 8.57. The molecule has 0 bridgehead atoms. The van der Waals surface area contributed by atoms with Gasteiger partial charge in [-0.3, -0.25) is 10.1 Å². The van der Waals surface area contributed by atoms with E-state index < -0.39 is 0 Å². The fraction of sp³-hybridized carbons (Fsp3) is 0.923. The van der Waals surface area contributed by atoms with Crippen LogP contribution in [-0.4, -0.2) is 18.6 Å². The zero-order chi connectivity index (χ0) is 12.6. The first-order valence-electron chi connectivity index (χ1n) is 6.41. The summed E-state index contributed by atoms with van der Waals surface area (Å²) in [5.74, 6) is 1.44. The first-order valence-corrected chi connectivity index (χ1v) is 6.41. The Balaban J connectivity index is 3.46. The Morgan fingerprint density at radius 1 is 1.06 bits per heavy atom. The molecule has 0 aromatic rings. The lowest BCUT2D eigenvalue weighted by molar-refractivity contribution is -0.121. The molecule has 0 spiro atoms. The van der Waals surface area contributed by atoms with E-state index in [1.165, 1.54) is 0 Å². The van der Waals surface area contributed by atoms with Crippen molar-refractivity contribution in [3.63, 3.8) is 0 Å². The number of carbonyl (C=O) groups is 1. The smallest absolute Gasteiger partial charge is 0.220 e. The molecule has 0 saturated heterocycles. The van der Waals surface area contributed by atoms with Gasteiger partial charge in [-0.25, -0.2) is 0 Å². The van der Waals surface area contributed by atoms with Crippen LogP contribution in [0.15, 0.2) is 0 Å². The van der Waals surface area contributed by atoms with Crippen LogP contribution >= 0.6 is 0 Å². The summed E-state index contributed by atoms with van der Waals surface area (Å²) in [7, 11) is 0. The molecule has 96 valence electrons. The average Bonchev–Trinajstić information content (AvgIpc) is 2.13. The lowest BCUT2D eigenvalue weighted by atomic mass is 10.1. The zero-order valence-electron chi connectivity index (χ0n) is 11.5. The molecular formula is C13H28N2O. The molecular weight excluding hydrogens is 200 g/mol. The molecule has 1 amide bonds. The minimum atomic E-state index is 0.151. The maximum Gasteiger partial charge on any atom is 0.220 e. The molecule has 3 nitrogen and oxygen atoms in total. The fourth-order valence-corrected chi connectivity index (χ4v) is 1.62. The van der Waals surface area contributed by atoms with Crippen LogP contribution in [0.4, 0.5) is 0 Å². The molecule has 0 aliphatic heterocycles. The summed E-state index contributed by atoms with van der Waals surface area (Å²) < 4.78 is 0. The van der Waals surface area contributed by atoms with Gasteiger partial charge in [-0.2, -0.15) is 0 Å². The minimum absolute atomic E-state index is 0.151. The van der Waals surface area contributed by atoms with E-state index in [0.29, 0.717) is 31.0 Å². The molecule has 16 heavy (non-hydrogen) atoms. The van der Waals surface area contributed by atoms with Crippen LogP contribution in [0.3, 0.4) is 0 Å². The van der Waals surface area contributed by atoms with Crippen LogP contribution < -0.4 is 10.6 Å². The topological polar surface area (TPSA) is 41.1 Å². The van der Waals surface area contributed by atoms with Crippen molar-refractivity contribution in [2.45, 2.75) is 59.9 Å². The maximum atomic E-state index is 11.4. The van der Waals surface area contributed by atoms with Crippen molar-refractivity contribution in [1.82, 2.24) is 10.6 Å². The third kappa shape index (κ3) is 9.97. The summed E-state index contributed by atoms with van der Waals surface area (Å²) in [4.78, 5) is 11.4. The molecule has 0 radical (unpaired) electrons. The molecule has 1 unspecified atom stereocenters. The summed E-state index contributed by atoms with van der Waals surface area (Å²) >= 11 is 0. The highest BCUT2D eigenvalue weighted by atomic mass is 16.1. The van der Waals surface area contributed by atoms with E-state index in [0.717, 1.165) is 12.8 Å². The highest BCUT2D eigenvalue weighted by molar-refractivity contribution is 5.75. The predicted octanol–water partition coefficient (Wildman–Crippen LogP) is 2.52.